The lowest BCUT2D eigenvalue weighted by molar-refractivity contribution is -0.136. The molecule has 0 bridgehead atoms. The molecule has 2 aromatic rings. The highest BCUT2D eigenvalue weighted by atomic mass is 35.5. The molecule has 0 spiro atoms. The van der Waals surface area contributed by atoms with E-state index in [-0.39, 0.29) is 24.8 Å². The SMILES string of the molecule is O=C(O)CCN1C(=O)[C@H](C2CCCC2)N=C(c2ccccc2)c2cc(Cl)ccc21. The van der Waals surface area contributed by atoms with Gasteiger partial charge in [-0.25, -0.2) is 0 Å². The molecule has 0 unspecified atom stereocenters. The number of aliphatic carboxylic acids is 1. The number of halogens is 1. The minimum Gasteiger partial charge on any atom is -0.481 e. The summed E-state index contributed by atoms with van der Waals surface area (Å²) in [5, 5.41) is 9.77. The number of carboxylic acids is 1. The van der Waals surface area contributed by atoms with E-state index in [9.17, 15) is 14.7 Å². The van der Waals surface area contributed by atoms with Crippen LogP contribution in [0.15, 0.2) is 53.5 Å². The molecule has 2 aliphatic rings. The molecule has 1 atom stereocenters. The van der Waals surface area contributed by atoms with E-state index in [4.69, 9.17) is 16.6 Å². The maximum atomic E-state index is 13.6. The van der Waals surface area contributed by atoms with E-state index in [0.29, 0.717) is 10.7 Å². The highest BCUT2D eigenvalue weighted by Crippen LogP contribution is 2.36. The van der Waals surface area contributed by atoms with Gasteiger partial charge in [-0.1, -0.05) is 54.8 Å². The first-order chi connectivity index (χ1) is 14.0. The number of hydrogen-bond donors (Lipinski definition) is 1. The Labute approximate surface area is 175 Å². The summed E-state index contributed by atoms with van der Waals surface area (Å²) in [7, 11) is 0. The fraction of sp³-hybridized carbons (Fsp3) is 0.348. The molecule has 1 aliphatic carbocycles. The van der Waals surface area contributed by atoms with Gasteiger partial charge >= 0.3 is 5.97 Å². The first-order valence-electron chi connectivity index (χ1n) is 10.0. The third-order valence-corrected chi connectivity index (χ3v) is 5.97. The Kier molecular flexibility index (Phi) is 5.67. The molecule has 1 saturated carbocycles. The molecule has 0 radical (unpaired) electrons. The molecule has 4 rings (SSSR count). The van der Waals surface area contributed by atoms with E-state index in [1.54, 1.807) is 17.0 Å². The Morgan fingerprint density at radius 3 is 2.55 bits per heavy atom. The lowest BCUT2D eigenvalue weighted by atomic mass is 9.97. The summed E-state index contributed by atoms with van der Waals surface area (Å²) in [6, 6.07) is 14.6. The van der Waals surface area contributed by atoms with Gasteiger partial charge in [0, 0.05) is 22.7 Å². The quantitative estimate of drug-likeness (QED) is 0.785. The Balaban J connectivity index is 1.88. The molecule has 2 aromatic carbocycles. The summed E-state index contributed by atoms with van der Waals surface area (Å²) in [4.78, 5) is 31.4. The van der Waals surface area contributed by atoms with Crippen LogP contribution >= 0.6 is 11.6 Å². The summed E-state index contributed by atoms with van der Waals surface area (Å²) in [6.45, 7) is 0.115. The van der Waals surface area contributed by atoms with Gasteiger partial charge in [-0.05, 0) is 37.0 Å². The number of anilines is 1. The summed E-state index contributed by atoms with van der Waals surface area (Å²) in [5.41, 5.74) is 3.10. The van der Waals surface area contributed by atoms with Crippen LogP contribution in [0.3, 0.4) is 0 Å². The number of amides is 1. The molecule has 1 fully saturated rings. The van der Waals surface area contributed by atoms with Gasteiger partial charge in [0.25, 0.3) is 5.91 Å². The van der Waals surface area contributed by atoms with Crippen LogP contribution in [0.25, 0.3) is 0 Å². The van der Waals surface area contributed by atoms with Crippen molar-refractivity contribution < 1.29 is 14.7 Å². The van der Waals surface area contributed by atoms with Crippen LogP contribution in [0.5, 0.6) is 0 Å². The number of rotatable bonds is 5. The highest BCUT2D eigenvalue weighted by Gasteiger charge is 2.37. The first-order valence-corrected chi connectivity index (χ1v) is 10.4. The van der Waals surface area contributed by atoms with E-state index >= 15 is 0 Å². The van der Waals surface area contributed by atoms with Crippen LogP contribution in [0, 0.1) is 5.92 Å². The fourth-order valence-corrected chi connectivity index (χ4v) is 4.49. The largest absolute Gasteiger partial charge is 0.481 e. The van der Waals surface area contributed by atoms with Crippen LogP contribution < -0.4 is 4.90 Å². The minimum atomic E-state index is -0.931. The number of aliphatic imine (C=N–C) groups is 1. The number of fused-ring (bicyclic) bond motifs is 1. The maximum absolute atomic E-state index is 13.6. The highest BCUT2D eigenvalue weighted by molar-refractivity contribution is 6.32. The Hall–Kier alpha value is -2.66. The third-order valence-electron chi connectivity index (χ3n) is 5.73. The van der Waals surface area contributed by atoms with Crippen molar-refractivity contribution in [3.8, 4) is 0 Å². The van der Waals surface area contributed by atoms with Crippen molar-refractivity contribution >= 4 is 34.9 Å². The summed E-state index contributed by atoms with van der Waals surface area (Å²) in [6.07, 6.45) is 4.00. The van der Waals surface area contributed by atoms with E-state index < -0.39 is 12.0 Å². The zero-order chi connectivity index (χ0) is 20.4. The number of carbonyl (C=O) groups excluding carboxylic acids is 1. The topological polar surface area (TPSA) is 70.0 Å². The van der Waals surface area contributed by atoms with Gasteiger partial charge in [0.1, 0.15) is 6.04 Å². The van der Waals surface area contributed by atoms with Crippen LogP contribution in [-0.4, -0.2) is 35.3 Å². The van der Waals surface area contributed by atoms with E-state index in [2.05, 4.69) is 0 Å². The molecule has 0 aromatic heterocycles. The number of benzene rings is 2. The summed E-state index contributed by atoms with van der Waals surface area (Å²) in [5.74, 6) is -0.870. The fourth-order valence-electron chi connectivity index (χ4n) is 4.32. The summed E-state index contributed by atoms with van der Waals surface area (Å²) >= 11 is 6.31. The van der Waals surface area contributed by atoms with Crippen molar-refractivity contribution in [3.05, 3.63) is 64.7 Å². The van der Waals surface area contributed by atoms with Gasteiger partial charge in [-0.15, -0.1) is 0 Å². The monoisotopic (exact) mass is 410 g/mol. The number of nitrogens with zero attached hydrogens (tertiary/aromatic N) is 2. The van der Waals surface area contributed by atoms with Gasteiger partial charge in [0.2, 0.25) is 0 Å². The number of carbonyl (C=O) groups is 2. The zero-order valence-electron chi connectivity index (χ0n) is 16.1. The second-order valence-corrected chi connectivity index (χ2v) is 8.06. The molecule has 1 heterocycles. The molecule has 29 heavy (non-hydrogen) atoms. The molecular formula is C23H23ClN2O3. The molecule has 6 heteroatoms. The Morgan fingerprint density at radius 1 is 1.14 bits per heavy atom. The van der Waals surface area contributed by atoms with Crippen molar-refractivity contribution in [3.63, 3.8) is 0 Å². The molecule has 0 saturated heterocycles. The predicted molar refractivity (Wildman–Crippen MR) is 114 cm³/mol. The van der Waals surface area contributed by atoms with Gasteiger partial charge < -0.3 is 10.0 Å². The average molecular weight is 411 g/mol. The number of benzodiazepines with no additional fused rings is 1. The van der Waals surface area contributed by atoms with Crippen LogP contribution in [0.1, 0.15) is 43.2 Å². The van der Waals surface area contributed by atoms with Crippen molar-refractivity contribution in [2.24, 2.45) is 10.9 Å². The lowest BCUT2D eigenvalue weighted by Gasteiger charge is -2.27. The number of carboxylic acid groups (broad SMARTS) is 1. The average Bonchev–Trinajstić information content (AvgIpc) is 3.21. The predicted octanol–water partition coefficient (Wildman–Crippen LogP) is 4.56. The Morgan fingerprint density at radius 2 is 1.86 bits per heavy atom. The van der Waals surface area contributed by atoms with Crippen LogP contribution in [0.4, 0.5) is 5.69 Å². The van der Waals surface area contributed by atoms with Crippen molar-refractivity contribution in [1.29, 1.82) is 0 Å². The van der Waals surface area contributed by atoms with Crippen molar-refractivity contribution in [2.75, 3.05) is 11.4 Å². The third kappa shape index (κ3) is 4.06. The summed E-state index contributed by atoms with van der Waals surface area (Å²) < 4.78 is 0. The number of hydrogen-bond acceptors (Lipinski definition) is 3. The van der Waals surface area contributed by atoms with Gasteiger partial charge in [-0.2, -0.15) is 0 Å². The second-order valence-electron chi connectivity index (χ2n) is 7.63. The smallest absolute Gasteiger partial charge is 0.305 e. The molecule has 150 valence electrons. The second kappa shape index (κ2) is 8.37. The van der Waals surface area contributed by atoms with E-state index in [1.807, 2.05) is 36.4 Å². The molecular weight excluding hydrogens is 388 g/mol. The zero-order valence-corrected chi connectivity index (χ0v) is 16.8. The van der Waals surface area contributed by atoms with Crippen molar-refractivity contribution in [2.45, 2.75) is 38.1 Å². The van der Waals surface area contributed by atoms with Crippen LogP contribution in [-0.2, 0) is 9.59 Å². The lowest BCUT2D eigenvalue weighted by Crippen LogP contribution is -2.42. The standard InChI is InChI=1S/C23H23ClN2O3/c24-17-10-11-19-18(14-17)21(15-6-2-1-3-7-15)25-22(16-8-4-5-9-16)23(29)26(19)13-12-20(27)28/h1-3,6-7,10-11,14,16,22H,4-5,8-9,12-13H2,(H,27,28)/t22-/m0/s1. The van der Waals surface area contributed by atoms with Crippen molar-refractivity contribution in [1.82, 2.24) is 0 Å². The molecule has 1 aliphatic heterocycles. The van der Waals surface area contributed by atoms with E-state index in [0.717, 1.165) is 42.5 Å². The van der Waals surface area contributed by atoms with E-state index in [1.165, 1.54) is 0 Å². The van der Waals surface area contributed by atoms with Crippen LogP contribution in [0.2, 0.25) is 5.02 Å². The van der Waals surface area contributed by atoms with Gasteiger partial charge in [0.15, 0.2) is 0 Å². The maximum Gasteiger partial charge on any atom is 0.305 e. The van der Waals surface area contributed by atoms with Gasteiger partial charge in [-0.3, -0.25) is 14.6 Å². The Bertz CT molecular complexity index is 952. The normalized spacial score (nSPS) is 19.6. The molecule has 1 N–H and O–H groups in total. The molecule has 1 amide bonds. The van der Waals surface area contributed by atoms with Gasteiger partial charge in [0.05, 0.1) is 17.8 Å². The minimum absolute atomic E-state index is 0.115. The first kappa shape index (κ1) is 19.6. The molecule has 5 nitrogen and oxygen atoms in total.